The van der Waals surface area contributed by atoms with Gasteiger partial charge in [-0.3, -0.25) is 4.79 Å². The number of allylic oxidation sites excluding steroid dienone is 4. The molecule has 1 N–H and O–H groups in total. The van der Waals surface area contributed by atoms with Crippen LogP contribution in [-0.4, -0.2) is 17.1 Å². The van der Waals surface area contributed by atoms with Gasteiger partial charge in [0.1, 0.15) is 23.2 Å². The second-order valence-corrected chi connectivity index (χ2v) is 14.7. The Morgan fingerprint density at radius 3 is 1.37 bits per heavy atom. The van der Waals surface area contributed by atoms with Gasteiger partial charge in [0.2, 0.25) is 0 Å². The SMILES string of the molecule is C=C(C)C(=C)/C(C)=C(/O)C(=O)CCCCCCCCCCC[P+](c1ccccc1)(c1ccccc1)c1ccccc1. The number of rotatable bonds is 18. The van der Waals surface area contributed by atoms with Gasteiger partial charge < -0.3 is 5.11 Å². The maximum absolute atomic E-state index is 12.3. The third kappa shape index (κ3) is 9.14. The predicted molar refractivity (Wildman–Crippen MR) is 180 cm³/mol. The largest absolute Gasteiger partial charge is 0.504 e. The van der Waals surface area contributed by atoms with Crippen LogP contribution in [0.3, 0.4) is 0 Å². The number of hydrogen-bond acceptors (Lipinski definition) is 2. The summed E-state index contributed by atoms with van der Waals surface area (Å²) in [6.07, 6.45) is 12.0. The van der Waals surface area contributed by atoms with Crippen LogP contribution < -0.4 is 15.9 Å². The fourth-order valence-corrected chi connectivity index (χ4v) is 9.95. The highest BCUT2D eigenvalue weighted by Crippen LogP contribution is 2.56. The molecule has 0 aromatic heterocycles. The topological polar surface area (TPSA) is 37.3 Å². The van der Waals surface area contributed by atoms with Gasteiger partial charge in [-0.2, -0.15) is 0 Å². The Morgan fingerprint density at radius 2 is 0.976 bits per heavy atom. The van der Waals surface area contributed by atoms with Crippen LogP contribution in [0, 0.1) is 0 Å². The van der Waals surface area contributed by atoms with Gasteiger partial charge in [0, 0.05) is 12.0 Å². The van der Waals surface area contributed by atoms with Crippen molar-refractivity contribution in [3.8, 4) is 0 Å². The van der Waals surface area contributed by atoms with Crippen LogP contribution in [0.15, 0.2) is 127 Å². The molecule has 0 saturated heterocycles. The predicted octanol–water partition coefficient (Wildman–Crippen LogP) is 9.41. The quantitative estimate of drug-likeness (QED) is 0.0547. The summed E-state index contributed by atoms with van der Waals surface area (Å²) in [5, 5.41) is 14.6. The summed E-state index contributed by atoms with van der Waals surface area (Å²) in [7, 11) is -1.72. The highest BCUT2D eigenvalue weighted by molar-refractivity contribution is 7.95. The number of aliphatic hydroxyl groups excluding tert-OH is 1. The third-order valence-corrected chi connectivity index (χ3v) is 12.6. The first-order chi connectivity index (χ1) is 19.9. The Morgan fingerprint density at radius 1 is 0.610 bits per heavy atom. The van der Waals surface area contributed by atoms with Crippen LogP contribution in [0.25, 0.3) is 0 Å². The molecule has 3 rings (SSSR count). The zero-order valence-electron chi connectivity index (χ0n) is 25.2. The third-order valence-electron chi connectivity index (χ3n) is 8.08. The monoisotopic (exact) mass is 567 g/mol. The maximum atomic E-state index is 12.3. The molecule has 216 valence electrons. The number of ketones is 1. The molecule has 2 nitrogen and oxygen atoms in total. The first-order valence-corrected chi connectivity index (χ1v) is 17.2. The van der Waals surface area contributed by atoms with E-state index in [1.54, 1.807) is 6.92 Å². The molecular formula is C38H48O2P+. The average Bonchev–Trinajstić information content (AvgIpc) is 3.01. The Kier molecular flexibility index (Phi) is 13.3. The molecule has 0 radical (unpaired) electrons. The number of carbonyl (C=O) groups excluding carboxylic acids is 1. The van der Waals surface area contributed by atoms with Gasteiger partial charge in [0.05, 0.1) is 6.16 Å². The molecule has 0 unspecified atom stereocenters. The van der Waals surface area contributed by atoms with Crippen molar-refractivity contribution < 1.29 is 9.90 Å². The van der Waals surface area contributed by atoms with Crippen molar-refractivity contribution in [2.75, 3.05) is 6.16 Å². The van der Waals surface area contributed by atoms with Gasteiger partial charge in [0.15, 0.2) is 11.5 Å². The fraction of sp³-hybridized carbons (Fsp3) is 0.342. The van der Waals surface area contributed by atoms with Gasteiger partial charge in [-0.1, -0.05) is 112 Å². The summed E-state index contributed by atoms with van der Waals surface area (Å²) < 4.78 is 0. The number of carbonyl (C=O) groups is 1. The van der Waals surface area contributed by atoms with Crippen molar-refractivity contribution in [3.05, 3.63) is 127 Å². The normalized spacial score (nSPS) is 12.0. The van der Waals surface area contributed by atoms with E-state index in [0.717, 1.165) is 24.8 Å². The van der Waals surface area contributed by atoms with E-state index in [1.807, 2.05) is 6.92 Å². The van der Waals surface area contributed by atoms with Crippen LogP contribution in [0.2, 0.25) is 0 Å². The zero-order valence-corrected chi connectivity index (χ0v) is 26.0. The van der Waals surface area contributed by atoms with E-state index in [0.29, 0.717) is 17.6 Å². The van der Waals surface area contributed by atoms with Crippen LogP contribution in [0.4, 0.5) is 0 Å². The van der Waals surface area contributed by atoms with E-state index in [2.05, 4.69) is 104 Å². The molecule has 0 aliphatic heterocycles. The average molecular weight is 568 g/mol. The lowest BCUT2D eigenvalue weighted by atomic mass is 9.99. The summed E-state index contributed by atoms with van der Waals surface area (Å²) in [5.41, 5.74) is 1.95. The highest BCUT2D eigenvalue weighted by atomic mass is 31.2. The van der Waals surface area contributed by atoms with Crippen molar-refractivity contribution in [1.82, 2.24) is 0 Å². The molecule has 0 bridgehead atoms. The summed E-state index contributed by atoms with van der Waals surface area (Å²) >= 11 is 0. The zero-order chi connectivity index (χ0) is 29.5. The van der Waals surface area contributed by atoms with Crippen LogP contribution >= 0.6 is 7.26 Å². The van der Waals surface area contributed by atoms with Gasteiger partial charge in [0.25, 0.3) is 0 Å². The Balaban J connectivity index is 1.44. The smallest absolute Gasteiger partial charge is 0.197 e. The Hall–Kier alpha value is -3.22. The summed E-state index contributed by atoms with van der Waals surface area (Å²) in [4.78, 5) is 12.3. The molecule has 3 aromatic carbocycles. The van der Waals surface area contributed by atoms with E-state index < -0.39 is 7.26 Å². The first kappa shape index (κ1) is 32.3. The molecule has 0 aliphatic carbocycles. The molecule has 41 heavy (non-hydrogen) atoms. The van der Waals surface area contributed by atoms with Gasteiger partial charge in [-0.25, -0.2) is 0 Å². The lowest BCUT2D eigenvalue weighted by Gasteiger charge is -2.27. The lowest BCUT2D eigenvalue weighted by Crippen LogP contribution is -2.33. The maximum Gasteiger partial charge on any atom is 0.197 e. The molecule has 3 heteroatoms. The molecule has 0 saturated carbocycles. The van der Waals surface area contributed by atoms with Crippen LogP contribution in [-0.2, 0) is 4.79 Å². The fourth-order valence-electron chi connectivity index (χ4n) is 5.54. The van der Waals surface area contributed by atoms with Crippen LogP contribution in [0.5, 0.6) is 0 Å². The van der Waals surface area contributed by atoms with E-state index in [-0.39, 0.29) is 11.5 Å². The summed E-state index contributed by atoms with van der Waals surface area (Å²) in [6, 6.07) is 33.5. The van der Waals surface area contributed by atoms with E-state index >= 15 is 0 Å². The number of benzene rings is 3. The molecule has 0 aliphatic rings. The first-order valence-electron chi connectivity index (χ1n) is 15.2. The second kappa shape index (κ2) is 16.9. The molecule has 0 heterocycles. The molecule has 0 spiro atoms. The second-order valence-electron chi connectivity index (χ2n) is 11.1. The standard InChI is InChI=1S/C38H47O2P/c1-31(2)32(3)33(4)38(40)37(39)29-21-10-8-6-5-7-9-11-22-30-41(34-23-15-12-16-24-34,35-25-17-13-18-26-35)36-27-19-14-20-28-36/h12-20,23-28H,1,3,5-11,21-22,29-30H2,2,4H3/p+1/b38-33+. The lowest BCUT2D eigenvalue weighted by molar-refractivity contribution is -0.118. The van der Waals surface area contributed by atoms with Gasteiger partial charge in [-0.15, -0.1) is 0 Å². The highest BCUT2D eigenvalue weighted by Gasteiger charge is 2.44. The molecule has 0 atom stereocenters. The van der Waals surface area contributed by atoms with Crippen molar-refractivity contribution in [1.29, 1.82) is 0 Å². The van der Waals surface area contributed by atoms with Gasteiger partial charge >= 0.3 is 0 Å². The van der Waals surface area contributed by atoms with Crippen LogP contribution in [0.1, 0.15) is 78.1 Å². The van der Waals surface area contributed by atoms with Crippen molar-refractivity contribution in [3.63, 3.8) is 0 Å². The summed E-state index contributed by atoms with van der Waals surface area (Å²) in [6.45, 7) is 11.3. The van der Waals surface area contributed by atoms with Crippen molar-refractivity contribution in [2.45, 2.75) is 78.1 Å². The van der Waals surface area contributed by atoms with E-state index in [9.17, 15) is 9.90 Å². The van der Waals surface area contributed by atoms with Crippen molar-refractivity contribution in [2.24, 2.45) is 0 Å². The molecule has 0 fully saturated rings. The molecular weight excluding hydrogens is 519 g/mol. The van der Waals surface area contributed by atoms with Crippen molar-refractivity contribution >= 4 is 29.0 Å². The molecule has 0 amide bonds. The number of unbranched alkanes of at least 4 members (excludes halogenated alkanes) is 8. The Bertz CT molecular complexity index is 1180. The number of hydrogen-bond donors (Lipinski definition) is 1. The minimum absolute atomic E-state index is 0.156. The summed E-state index contributed by atoms with van der Waals surface area (Å²) in [5.74, 6) is -0.346. The number of Topliss-reactive ketones (excluding diaryl/α,β-unsaturated/α-hetero) is 1. The van der Waals surface area contributed by atoms with Gasteiger partial charge in [-0.05, 0) is 75.1 Å². The number of aliphatic hydroxyl groups is 1. The van der Waals surface area contributed by atoms with E-state index in [1.165, 1.54) is 60.6 Å². The minimum atomic E-state index is -1.72. The Labute approximate surface area is 249 Å². The van der Waals surface area contributed by atoms with E-state index in [4.69, 9.17) is 0 Å². The molecule has 3 aromatic rings. The minimum Gasteiger partial charge on any atom is -0.504 e.